The monoisotopic (exact) mass is 234 g/mol. The number of benzene rings is 1. The van der Waals surface area contributed by atoms with Crippen molar-refractivity contribution in [1.29, 1.82) is 0 Å². The van der Waals surface area contributed by atoms with E-state index in [1.54, 1.807) is 6.07 Å². The van der Waals surface area contributed by atoms with Crippen LogP contribution in [0.5, 0.6) is 0 Å². The lowest BCUT2D eigenvalue weighted by atomic mass is 10.1. The Morgan fingerprint density at radius 3 is 2.53 bits per heavy atom. The summed E-state index contributed by atoms with van der Waals surface area (Å²) in [5.74, 6) is 0.0947. The van der Waals surface area contributed by atoms with Gasteiger partial charge in [-0.15, -0.1) is 0 Å². The zero-order valence-corrected chi connectivity index (χ0v) is 10.6. The molecule has 0 aliphatic heterocycles. The molecule has 1 heterocycles. The van der Waals surface area contributed by atoms with Crippen LogP contribution in [0.25, 0.3) is 10.9 Å². The normalized spacial score (nSPS) is 13.5. The summed E-state index contributed by atoms with van der Waals surface area (Å²) in [4.78, 5) is 0. The second kappa shape index (κ2) is 4.49. The van der Waals surface area contributed by atoms with Crippen molar-refractivity contribution >= 4 is 10.9 Å². The number of halogens is 1. The van der Waals surface area contributed by atoms with E-state index in [1.165, 1.54) is 11.8 Å². The van der Waals surface area contributed by atoms with Gasteiger partial charge in [-0.3, -0.25) is 0 Å². The van der Waals surface area contributed by atoms with Crippen LogP contribution in [0.15, 0.2) is 24.3 Å². The molecule has 0 spiro atoms. The van der Waals surface area contributed by atoms with Gasteiger partial charge in [0.25, 0.3) is 0 Å². The fraction of sp³-hybridized carbons (Fsp3) is 0.429. The lowest BCUT2D eigenvalue weighted by Gasteiger charge is -2.18. The van der Waals surface area contributed by atoms with E-state index in [2.05, 4.69) is 31.4 Å². The second-order valence-corrected chi connectivity index (χ2v) is 4.87. The number of hydrogen-bond acceptors (Lipinski definition) is 1. The summed E-state index contributed by atoms with van der Waals surface area (Å²) in [6.07, 6.45) is 0. The van der Waals surface area contributed by atoms with Gasteiger partial charge in [0.2, 0.25) is 0 Å². The van der Waals surface area contributed by atoms with Crippen LogP contribution in [0.3, 0.4) is 0 Å². The molecule has 0 aliphatic rings. The van der Waals surface area contributed by atoms with E-state index in [1.807, 2.05) is 6.07 Å². The smallest absolute Gasteiger partial charge is 0.125 e. The van der Waals surface area contributed by atoms with Crippen LogP contribution >= 0.6 is 0 Å². The van der Waals surface area contributed by atoms with Crippen molar-refractivity contribution in [3.05, 3.63) is 35.8 Å². The van der Waals surface area contributed by atoms with Gasteiger partial charge in [-0.25, -0.2) is 4.39 Å². The highest BCUT2D eigenvalue weighted by molar-refractivity contribution is 5.81. The summed E-state index contributed by atoms with van der Waals surface area (Å²) in [7, 11) is 0. The van der Waals surface area contributed by atoms with Gasteiger partial charge in [-0.2, -0.15) is 0 Å². The molecule has 0 saturated heterocycles. The quantitative estimate of drug-likeness (QED) is 0.866. The third kappa shape index (κ3) is 2.07. The Morgan fingerprint density at radius 2 is 1.94 bits per heavy atom. The zero-order valence-electron chi connectivity index (χ0n) is 10.6. The Morgan fingerprint density at radius 1 is 1.24 bits per heavy atom. The van der Waals surface area contributed by atoms with E-state index in [9.17, 15) is 4.39 Å². The third-order valence-corrected chi connectivity index (χ3v) is 3.21. The summed E-state index contributed by atoms with van der Waals surface area (Å²) in [5.41, 5.74) is 7.87. The van der Waals surface area contributed by atoms with Gasteiger partial charge in [-0.1, -0.05) is 6.92 Å². The summed E-state index contributed by atoms with van der Waals surface area (Å²) < 4.78 is 15.5. The highest BCUT2D eigenvalue weighted by Crippen LogP contribution is 2.29. The maximum absolute atomic E-state index is 13.3. The van der Waals surface area contributed by atoms with Gasteiger partial charge < -0.3 is 10.3 Å². The Bertz CT molecular complexity index is 528. The summed E-state index contributed by atoms with van der Waals surface area (Å²) in [6.45, 7) is 6.92. The highest BCUT2D eigenvalue weighted by Gasteiger charge is 2.15. The van der Waals surface area contributed by atoms with Crippen LogP contribution in [0, 0.1) is 5.82 Å². The van der Waals surface area contributed by atoms with Gasteiger partial charge in [0.15, 0.2) is 0 Å². The molecule has 3 heteroatoms. The van der Waals surface area contributed by atoms with E-state index in [4.69, 9.17) is 5.73 Å². The number of fused-ring (bicyclic) bond motifs is 1. The van der Waals surface area contributed by atoms with Gasteiger partial charge in [0.05, 0.1) is 5.52 Å². The van der Waals surface area contributed by atoms with E-state index >= 15 is 0 Å². The lowest BCUT2D eigenvalue weighted by molar-refractivity contribution is 0.565. The molecule has 92 valence electrons. The van der Waals surface area contributed by atoms with E-state index < -0.39 is 0 Å². The number of nitrogens with two attached hydrogens (primary N) is 1. The lowest BCUT2D eigenvalue weighted by Crippen LogP contribution is -2.14. The Hall–Kier alpha value is -1.35. The molecule has 2 nitrogen and oxygen atoms in total. The summed E-state index contributed by atoms with van der Waals surface area (Å²) >= 11 is 0. The average molecular weight is 234 g/mol. The third-order valence-electron chi connectivity index (χ3n) is 3.21. The molecule has 0 amide bonds. The molecule has 2 aromatic rings. The Balaban J connectivity index is 2.71. The number of hydrogen-bond donors (Lipinski definition) is 1. The molecule has 0 saturated carbocycles. The maximum Gasteiger partial charge on any atom is 0.125 e. The number of aromatic nitrogens is 1. The first-order valence-corrected chi connectivity index (χ1v) is 6.05. The van der Waals surface area contributed by atoms with Gasteiger partial charge in [0.1, 0.15) is 5.82 Å². The highest BCUT2D eigenvalue weighted by atomic mass is 19.1. The average Bonchev–Trinajstić information content (AvgIpc) is 2.66. The molecule has 0 radical (unpaired) electrons. The molecule has 0 bridgehead atoms. The molecule has 2 rings (SSSR count). The maximum atomic E-state index is 13.3. The molecule has 2 N–H and O–H groups in total. The molecular formula is C14H19FN2. The van der Waals surface area contributed by atoms with Crippen LogP contribution < -0.4 is 5.73 Å². The van der Waals surface area contributed by atoms with E-state index in [-0.39, 0.29) is 11.7 Å². The summed E-state index contributed by atoms with van der Waals surface area (Å²) in [6, 6.07) is 7.35. The SMILES string of the molecule is CC(CN)c1cc2ccc(F)cc2n1C(C)C. The largest absolute Gasteiger partial charge is 0.342 e. The van der Waals surface area contributed by atoms with Crippen molar-refractivity contribution in [1.82, 2.24) is 4.57 Å². The number of nitrogens with zero attached hydrogens (tertiary/aromatic N) is 1. The molecule has 17 heavy (non-hydrogen) atoms. The predicted molar refractivity (Wildman–Crippen MR) is 69.8 cm³/mol. The fourth-order valence-corrected chi connectivity index (χ4v) is 2.29. The minimum Gasteiger partial charge on any atom is -0.342 e. The zero-order chi connectivity index (χ0) is 12.6. The topological polar surface area (TPSA) is 30.9 Å². The van der Waals surface area contributed by atoms with Crippen LogP contribution in [-0.2, 0) is 0 Å². The summed E-state index contributed by atoms with van der Waals surface area (Å²) in [5, 5.41) is 1.08. The first-order chi connectivity index (χ1) is 8.04. The van der Waals surface area contributed by atoms with Crippen LogP contribution in [-0.4, -0.2) is 11.1 Å². The van der Waals surface area contributed by atoms with Crippen molar-refractivity contribution in [2.24, 2.45) is 5.73 Å². The van der Waals surface area contributed by atoms with Crippen molar-refractivity contribution in [3.8, 4) is 0 Å². The molecule has 1 aromatic heterocycles. The molecular weight excluding hydrogens is 215 g/mol. The molecule has 1 atom stereocenters. The first kappa shape index (κ1) is 12.1. The van der Waals surface area contributed by atoms with E-state index in [0.29, 0.717) is 12.6 Å². The van der Waals surface area contributed by atoms with Gasteiger partial charge in [0, 0.05) is 29.6 Å². The molecule has 0 fully saturated rings. The second-order valence-electron chi connectivity index (χ2n) is 4.87. The van der Waals surface area contributed by atoms with Gasteiger partial charge >= 0.3 is 0 Å². The van der Waals surface area contributed by atoms with Crippen LogP contribution in [0.1, 0.15) is 38.4 Å². The van der Waals surface area contributed by atoms with Crippen LogP contribution in [0.2, 0.25) is 0 Å². The standard InChI is InChI=1S/C14H19FN2/c1-9(2)17-13(10(3)8-16)6-11-4-5-12(15)7-14(11)17/h4-7,9-10H,8,16H2,1-3H3. The number of rotatable bonds is 3. The predicted octanol–water partition coefficient (Wildman–Crippen LogP) is 3.42. The van der Waals surface area contributed by atoms with Crippen molar-refractivity contribution in [2.45, 2.75) is 32.7 Å². The minimum atomic E-state index is -0.190. The van der Waals surface area contributed by atoms with Gasteiger partial charge in [-0.05, 0) is 38.1 Å². The first-order valence-electron chi connectivity index (χ1n) is 6.05. The van der Waals surface area contributed by atoms with Crippen molar-refractivity contribution in [2.75, 3.05) is 6.54 Å². The minimum absolute atomic E-state index is 0.190. The van der Waals surface area contributed by atoms with Crippen molar-refractivity contribution < 1.29 is 4.39 Å². The molecule has 1 aromatic carbocycles. The molecule has 1 unspecified atom stereocenters. The fourth-order valence-electron chi connectivity index (χ4n) is 2.29. The van der Waals surface area contributed by atoms with E-state index in [0.717, 1.165) is 10.9 Å². The van der Waals surface area contributed by atoms with Crippen LogP contribution in [0.4, 0.5) is 4.39 Å². The Labute approximate surface area is 101 Å². The Kier molecular flexibility index (Phi) is 3.20. The van der Waals surface area contributed by atoms with Crippen molar-refractivity contribution in [3.63, 3.8) is 0 Å². The molecule has 0 aliphatic carbocycles.